The van der Waals surface area contributed by atoms with Crippen molar-refractivity contribution in [2.75, 3.05) is 19.9 Å². The van der Waals surface area contributed by atoms with Gasteiger partial charge in [-0.1, -0.05) is 11.8 Å². The Morgan fingerprint density at radius 1 is 2.00 bits per heavy atom. The maximum absolute atomic E-state index is 11.0. The number of ether oxygens (including phenoxy) is 1. The summed E-state index contributed by atoms with van der Waals surface area (Å²) in [5, 5.41) is 9.31. The number of rotatable bonds is 3. The van der Waals surface area contributed by atoms with Crippen molar-refractivity contribution < 1.29 is 20.6 Å². The number of hydrogen-bond acceptors (Lipinski definition) is 5. The molecule has 1 aliphatic rings. The van der Waals surface area contributed by atoms with Crippen LogP contribution in [-0.4, -0.2) is 37.2 Å². The zero-order valence-electron chi connectivity index (χ0n) is 7.67. The average molecular weight is 213 g/mol. The van der Waals surface area contributed by atoms with Gasteiger partial charge in [0.25, 0.3) is 0 Å². The van der Waals surface area contributed by atoms with Crippen LogP contribution in [0.5, 0.6) is 0 Å². The minimum Gasteiger partial charge on any atom is -0.801 e. The lowest BCUT2D eigenvalue weighted by atomic mass is 10.2. The van der Waals surface area contributed by atoms with E-state index in [1.165, 1.54) is 6.66 Å². The molecule has 0 spiro atoms. The quantitative estimate of drug-likeness (QED) is 0.637. The SMILES string of the molecule is [3H][C@@H]1C[C@@H](O)[C@@H](COP(C)([O-])=S)O1. The molecule has 1 unspecified atom stereocenters. The van der Waals surface area contributed by atoms with Gasteiger partial charge in [-0.25, -0.2) is 0 Å². The summed E-state index contributed by atoms with van der Waals surface area (Å²) in [5.74, 6) is 0. The molecule has 0 aromatic carbocycles. The fraction of sp³-hybridized carbons (Fsp3) is 1.00. The molecule has 1 rings (SSSR count). The van der Waals surface area contributed by atoms with E-state index in [1.807, 2.05) is 0 Å². The third-order valence-electron chi connectivity index (χ3n) is 1.51. The third kappa shape index (κ3) is 3.47. The third-order valence-corrected chi connectivity index (χ3v) is 2.45. The molecule has 1 aliphatic heterocycles. The van der Waals surface area contributed by atoms with E-state index in [0.29, 0.717) is 0 Å². The molecule has 6 heteroatoms. The standard InChI is InChI=1S/C6H13O4PS/c1-11(8,12)10-4-6-5(7)2-3-9-6/h5-7H,2-4H2,1H3,(H,8,12)/p-1/t5-,6-,11?/m1/s1/i3T/t3-,5-,6-,11?. The van der Waals surface area contributed by atoms with Crippen molar-refractivity contribution in [1.82, 2.24) is 0 Å². The molecular formula is C6H12O4PS-. The van der Waals surface area contributed by atoms with E-state index in [0.717, 1.165) is 0 Å². The van der Waals surface area contributed by atoms with Crippen molar-refractivity contribution >= 4 is 18.3 Å². The number of aliphatic hydroxyl groups is 1. The maximum atomic E-state index is 11.0. The Bertz CT molecular complexity index is 221. The van der Waals surface area contributed by atoms with Crippen LogP contribution < -0.4 is 4.89 Å². The summed E-state index contributed by atoms with van der Waals surface area (Å²) in [6.07, 6.45) is -1.03. The van der Waals surface area contributed by atoms with E-state index in [2.05, 4.69) is 11.8 Å². The topological polar surface area (TPSA) is 61.8 Å². The van der Waals surface area contributed by atoms with Crippen LogP contribution in [0.1, 0.15) is 7.79 Å². The Morgan fingerprint density at radius 2 is 2.67 bits per heavy atom. The van der Waals surface area contributed by atoms with Crippen LogP contribution in [0.15, 0.2) is 0 Å². The van der Waals surface area contributed by atoms with Crippen LogP contribution in [0, 0.1) is 0 Å². The Hall–Kier alpha value is 0.490. The van der Waals surface area contributed by atoms with Crippen LogP contribution in [0.25, 0.3) is 0 Å². The highest BCUT2D eigenvalue weighted by Gasteiger charge is 2.26. The Labute approximate surface area is 78.1 Å². The molecule has 0 aromatic rings. The lowest BCUT2D eigenvalue weighted by Gasteiger charge is -2.25. The van der Waals surface area contributed by atoms with Crippen molar-refractivity contribution in [1.29, 1.82) is 0 Å². The highest BCUT2D eigenvalue weighted by molar-refractivity contribution is 8.08. The van der Waals surface area contributed by atoms with Crippen LogP contribution in [0.4, 0.5) is 0 Å². The van der Waals surface area contributed by atoms with Crippen molar-refractivity contribution in [2.24, 2.45) is 0 Å². The average Bonchev–Trinajstić information content (AvgIpc) is 2.24. The molecule has 0 saturated carbocycles. The van der Waals surface area contributed by atoms with Gasteiger partial charge in [-0.2, -0.15) is 0 Å². The van der Waals surface area contributed by atoms with Crippen molar-refractivity contribution in [3.63, 3.8) is 0 Å². The minimum absolute atomic E-state index is 0.00613. The van der Waals surface area contributed by atoms with Gasteiger partial charge in [0, 0.05) is 6.58 Å². The van der Waals surface area contributed by atoms with Gasteiger partial charge in [-0.15, -0.1) is 0 Å². The molecular weight excluding hydrogens is 199 g/mol. The molecule has 0 amide bonds. The van der Waals surface area contributed by atoms with E-state index in [-0.39, 0.29) is 13.0 Å². The number of aliphatic hydroxyl groups excluding tert-OH is 1. The van der Waals surface area contributed by atoms with E-state index in [1.54, 1.807) is 0 Å². The largest absolute Gasteiger partial charge is 0.801 e. The smallest absolute Gasteiger partial charge is 0.107 e. The van der Waals surface area contributed by atoms with Gasteiger partial charge < -0.3 is 19.3 Å². The van der Waals surface area contributed by atoms with Crippen LogP contribution >= 0.6 is 6.49 Å². The molecule has 1 N–H and O–H groups in total. The highest BCUT2D eigenvalue weighted by atomic mass is 32.5. The van der Waals surface area contributed by atoms with Gasteiger partial charge in [-0.05, 0) is 19.6 Å². The van der Waals surface area contributed by atoms with Gasteiger partial charge in [0.2, 0.25) is 0 Å². The second-order valence-corrected chi connectivity index (χ2v) is 6.50. The summed E-state index contributed by atoms with van der Waals surface area (Å²) in [5.41, 5.74) is 0. The van der Waals surface area contributed by atoms with Gasteiger partial charge in [0.15, 0.2) is 0 Å². The molecule has 1 fully saturated rings. The minimum atomic E-state index is -2.93. The second kappa shape index (κ2) is 4.13. The molecule has 4 nitrogen and oxygen atoms in total. The van der Waals surface area contributed by atoms with Gasteiger partial charge in [0.05, 0.1) is 14.1 Å². The van der Waals surface area contributed by atoms with Crippen LogP contribution in [-0.2, 0) is 21.1 Å². The summed E-state index contributed by atoms with van der Waals surface area (Å²) in [6.45, 7) is -2.34. The van der Waals surface area contributed by atoms with Gasteiger partial charge in [-0.3, -0.25) is 0 Å². The normalized spacial score (nSPS) is 42.2. The molecule has 0 bridgehead atoms. The summed E-state index contributed by atoms with van der Waals surface area (Å²) >= 11 is 4.54. The first-order valence-corrected chi connectivity index (χ1v) is 6.66. The molecule has 0 aliphatic carbocycles. The van der Waals surface area contributed by atoms with Crippen molar-refractivity contribution in [3.05, 3.63) is 0 Å². The first kappa shape index (κ1) is 9.06. The lowest BCUT2D eigenvalue weighted by molar-refractivity contribution is -0.183. The summed E-state index contributed by atoms with van der Waals surface area (Å²) in [7, 11) is 0. The lowest BCUT2D eigenvalue weighted by Crippen LogP contribution is -2.26. The van der Waals surface area contributed by atoms with Crippen molar-refractivity contribution in [2.45, 2.75) is 18.6 Å². The number of hydrogen-bond donors (Lipinski definition) is 1. The molecule has 1 saturated heterocycles. The van der Waals surface area contributed by atoms with Crippen LogP contribution in [0.2, 0.25) is 0 Å². The zero-order chi connectivity index (χ0) is 10.1. The molecule has 4 atom stereocenters. The fourth-order valence-electron chi connectivity index (χ4n) is 0.879. The Kier molecular flexibility index (Phi) is 3.12. The van der Waals surface area contributed by atoms with Gasteiger partial charge >= 0.3 is 0 Å². The highest BCUT2D eigenvalue weighted by Crippen LogP contribution is 2.32. The van der Waals surface area contributed by atoms with E-state index < -0.39 is 25.3 Å². The Balaban J connectivity index is 2.34. The molecule has 0 aromatic heterocycles. The predicted octanol–water partition coefficient (Wildman–Crippen LogP) is -0.548. The summed E-state index contributed by atoms with van der Waals surface area (Å²) < 4.78 is 17.0. The van der Waals surface area contributed by atoms with E-state index in [4.69, 9.17) is 10.6 Å². The predicted molar refractivity (Wildman–Crippen MR) is 46.5 cm³/mol. The monoisotopic (exact) mass is 213 g/mol. The second-order valence-electron chi connectivity index (χ2n) is 2.71. The van der Waals surface area contributed by atoms with E-state index >= 15 is 0 Å². The Morgan fingerprint density at radius 3 is 3.08 bits per heavy atom. The fourth-order valence-corrected chi connectivity index (χ4v) is 1.48. The first-order chi connectivity index (χ1) is 5.88. The summed E-state index contributed by atoms with van der Waals surface area (Å²) in [4.78, 5) is 11.0. The van der Waals surface area contributed by atoms with Crippen LogP contribution in [0.3, 0.4) is 0 Å². The molecule has 72 valence electrons. The molecule has 1 heterocycles. The maximum Gasteiger partial charge on any atom is 0.107 e. The summed E-state index contributed by atoms with van der Waals surface area (Å²) in [6, 6.07) is 0. The van der Waals surface area contributed by atoms with Gasteiger partial charge in [0.1, 0.15) is 6.10 Å². The van der Waals surface area contributed by atoms with E-state index in [9.17, 15) is 10.00 Å². The molecule has 0 radical (unpaired) electrons. The first-order valence-electron chi connectivity index (χ1n) is 4.15. The van der Waals surface area contributed by atoms with Crippen molar-refractivity contribution in [3.8, 4) is 0 Å². The molecule has 12 heavy (non-hydrogen) atoms. The zero-order valence-corrected chi connectivity index (χ0v) is 8.38.